The summed E-state index contributed by atoms with van der Waals surface area (Å²) in [4.78, 5) is 11.2. The van der Waals surface area contributed by atoms with Crippen molar-refractivity contribution in [2.24, 2.45) is 5.41 Å². The van der Waals surface area contributed by atoms with Crippen LogP contribution in [0.4, 0.5) is 0 Å². The highest BCUT2D eigenvalue weighted by atomic mass is 16.5. The van der Waals surface area contributed by atoms with Gasteiger partial charge in [-0.15, -0.1) is 0 Å². The number of hydrogen-bond donors (Lipinski definition) is 0. The standard InChI is InChI=1S/C10H12O2/c1-7-5-12-6-10(2)4-8(11)3-9(7)10/h3H,1,4-6H2,2H3/t10-/m1/s1. The maximum atomic E-state index is 11.2. The summed E-state index contributed by atoms with van der Waals surface area (Å²) in [5.74, 6) is 0.208. The molecule has 0 aromatic rings. The minimum Gasteiger partial charge on any atom is -0.376 e. The molecule has 0 aromatic heterocycles. The summed E-state index contributed by atoms with van der Waals surface area (Å²) < 4.78 is 5.35. The number of hydrogen-bond acceptors (Lipinski definition) is 2. The van der Waals surface area contributed by atoms with Gasteiger partial charge in [0.15, 0.2) is 5.78 Å². The molecule has 2 rings (SSSR count). The van der Waals surface area contributed by atoms with Crippen LogP contribution in [0.15, 0.2) is 23.8 Å². The van der Waals surface area contributed by atoms with Crippen molar-refractivity contribution in [1.29, 1.82) is 0 Å². The Morgan fingerprint density at radius 2 is 2.42 bits per heavy atom. The van der Waals surface area contributed by atoms with Crippen LogP contribution in [0.5, 0.6) is 0 Å². The van der Waals surface area contributed by atoms with Gasteiger partial charge in [-0.3, -0.25) is 4.79 Å². The van der Waals surface area contributed by atoms with Crippen LogP contribution in [0.25, 0.3) is 0 Å². The van der Waals surface area contributed by atoms with E-state index in [9.17, 15) is 4.79 Å². The molecule has 1 aliphatic heterocycles. The number of carbonyl (C=O) groups is 1. The highest BCUT2D eigenvalue weighted by molar-refractivity contribution is 5.95. The van der Waals surface area contributed by atoms with Gasteiger partial charge >= 0.3 is 0 Å². The van der Waals surface area contributed by atoms with E-state index in [1.54, 1.807) is 6.08 Å². The Hall–Kier alpha value is -0.890. The molecule has 12 heavy (non-hydrogen) atoms. The Morgan fingerprint density at radius 3 is 3.08 bits per heavy atom. The molecule has 1 heterocycles. The summed E-state index contributed by atoms with van der Waals surface area (Å²) in [6.07, 6.45) is 2.31. The Labute approximate surface area is 71.9 Å². The molecule has 0 N–H and O–H groups in total. The van der Waals surface area contributed by atoms with Crippen LogP contribution in [-0.4, -0.2) is 19.0 Å². The smallest absolute Gasteiger partial charge is 0.156 e. The fourth-order valence-corrected chi connectivity index (χ4v) is 2.00. The zero-order valence-electron chi connectivity index (χ0n) is 7.22. The first-order chi connectivity index (χ1) is 5.62. The summed E-state index contributed by atoms with van der Waals surface area (Å²) in [7, 11) is 0. The van der Waals surface area contributed by atoms with Crippen molar-refractivity contribution < 1.29 is 9.53 Å². The van der Waals surface area contributed by atoms with Crippen LogP contribution < -0.4 is 0 Å². The predicted molar refractivity (Wildman–Crippen MR) is 45.8 cm³/mol. The lowest BCUT2D eigenvalue weighted by Crippen LogP contribution is -2.30. The second-order valence-electron chi connectivity index (χ2n) is 3.86. The first kappa shape index (κ1) is 7.74. The van der Waals surface area contributed by atoms with Crippen molar-refractivity contribution in [2.75, 3.05) is 13.2 Å². The molecule has 64 valence electrons. The predicted octanol–water partition coefficient (Wildman–Crippen LogP) is 1.48. The van der Waals surface area contributed by atoms with Gasteiger partial charge in [-0.25, -0.2) is 0 Å². The summed E-state index contributed by atoms with van der Waals surface area (Å²) in [6, 6.07) is 0. The molecule has 0 unspecified atom stereocenters. The van der Waals surface area contributed by atoms with Gasteiger partial charge in [0.2, 0.25) is 0 Å². The van der Waals surface area contributed by atoms with Crippen molar-refractivity contribution in [2.45, 2.75) is 13.3 Å². The van der Waals surface area contributed by atoms with E-state index >= 15 is 0 Å². The average Bonchev–Trinajstić information content (AvgIpc) is 2.26. The maximum absolute atomic E-state index is 11.2. The molecular formula is C10H12O2. The minimum absolute atomic E-state index is 0.0770. The number of carbonyl (C=O) groups excluding carboxylic acids is 1. The largest absolute Gasteiger partial charge is 0.376 e. The Morgan fingerprint density at radius 1 is 1.67 bits per heavy atom. The third-order valence-electron chi connectivity index (χ3n) is 2.60. The Bertz CT molecular complexity index is 288. The molecule has 0 saturated carbocycles. The van der Waals surface area contributed by atoms with Crippen molar-refractivity contribution in [3.8, 4) is 0 Å². The van der Waals surface area contributed by atoms with Crippen LogP contribution in [0, 0.1) is 5.41 Å². The Balaban J connectivity index is 2.41. The summed E-state index contributed by atoms with van der Waals surface area (Å²) in [5, 5.41) is 0. The van der Waals surface area contributed by atoms with E-state index in [0.717, 1.165) is 11.1 Å². The monoisotopic (exact) mass is 164 g/mol. The van der Waals surface area contributed by atoms with E-state index in [4.69, 9.17) is 4.74 Å². The highest BCUT2D eigenvalue weighted by Gasteiger charge is 2.40. The highest BCUT2D eigenvalue weighted by Crippen LogP contribution is 2.43. The van der Waals surface area contributed by atoms with E-state index in [2.05, 4.69) is 13.5 Å². The van der Waals surface area contributed by atoms with E-state index in [1.165, 1.54) is 0 Å². The summed E-state index contributed by atoms with van der Waals surface area (Å²) in [5.41, 5.74) is 2.00. The van der Waals surface area contributed by atoms with E-state index < -0.39 is 0 Å². The molecule has 0 bridgehead atoms. The molecule has 2 nitrogen and oxygen atoms in total. The lowest BCUT2D eigenvalue weighted by atomic mass is 9.79. The van der Waals surface area contributed by atoms with Gasteiger partial charge in [0.05, 0.1) is 13.2 Å². The normalized spacial score (nSPS) is 34.9. The fraction of sp³-hybridized carbons (Fsp3) is 0.500. The molecule has 0 amide bonds. The van der Waals surface area contributed by atoms with Gasteiger partial charge < -0.3 is 4.74 Å². The molecule has 0 radical (unpaired) electrons. The second-order valence-corrected chi connectivity index (χ2v) is 3.86. The molecule has 2 heteroatoms. The summed E-state index contributed by atoms with van der Waals surface area (Å²) >= 11 is 0. The van der Waals surface area contributed by atoms with Gasteiger partial charge in [-0.05, 0) is 17.2 Å². The van der Waals surface area contributed by atoms with Crippen molar-refractivity contribution in [3.05, 3.63) is 23.8 Å². The maximum Gasteiger partial charge on any atom is 0.156 e. The number of rotatable bonds is 0. The van der Waals surface area contributed by atoms with Gasteiger partial charge in [0.25, 0.3) is 0 Å². The first-order valence-electron chi connectivity index (χ1n) is 4.13. The van der Waals surface area contributed by atoms with E-state index in [-0.39, 0.29) is 11.2 Å². The number of allylic oxidation sites excluding steroid dienone is 1. The third-order valence-corrected chi connectivity index (χ3v) is 2.60. The minimum atomic E-state index is -0.0770. The quantitative estimate of drug-likeness (QED) is 0.542. The van der Waals surface area contributed by atoms with E-state index in [1.807, 2.05) is 0 Å². The lowest BCUT2D eigenvalue weighted by molar-refractivity contribution is -0.115. The zero-order valence-corrected chi connectivity index (χ0v) is 7.22. The van der Waals surface area contributed by atoms with Crippen LogP contribution in [0.1, 0.15) is 13.3 Å². The van der Waals surface area contributed by atoms with E-state index in [0.29, 0.717) is 19.6 Å². The molecule has 2 aliphatic rings. The molecule has 1 saturated heterocycles. The second kappa shape index (κ2) is 2.30. The van der Waals surface area contributed by atoms with Crippen molar-refractivity contribution in [1.82, 2.24) is 0 Å². The zero-order chi connectivity index (χ0) is 8.77. The van der Waals surface area contributed by atoms with Crippen LogP contribution in [0.2, 0.25) is 0 Å². The fourth-order valence-electron chi connectivity index (χ4n) is 2.00. The van der Waals surface area contributed by atoms with Crippen molar-refractivity contribution >= 4 is 5.78 Å². The molecule has 1 aliphatic carbocycles. The van der Waals surface area contributed by atoms with Gasteiger partial charge in [0.1, 0.15) is 0 Å². The van der Waals surface area contributed by atoms with Crippen LogP contribution in [-0.2, 0) is 9.53 Å². The van der Waals surface area contributed by atoms with Crippen LogP contribution >= 0.6 is 0 Å². The third kappa shape index (κ3) is 0.950. The average molecular weight is 164 g/mol. The number of fused-ring (bicyclic) bond motifs is 1. The molecular weight excluding hydrogens is 152 g/mol. The SMILES string of the molecule is C=C1COC[C@@]2(C)CC(=O)C=C12. The molecule has 0 spiro atoms. The van der Waals surface area contributed by atoms with Crippen molar-refractivity contribution in [3.63, 3.8) is 0 Å². The number of ether oxygens (including phenoxy) is 1. The lowest BCUT2D eigenvalue weighted by Gasteiger charge is -2.32. The van der Waals surface area contributed by atoms with Gasteiger partial charge in [-0.2, -0.15) is 0 Å². The number of ketones is 1. The van der Waals surface area contributed by atoms with Gasteiger partial charge in [-0.1, -0.05) is 13.5 Å². The molecule has 1 atom stereocenters. The molecule has 1 fully saturated rings. The van der Waals surface area contributed by atoms with Gasteiger partial charge in [0, 0.05) is 11.8 Å². The topological polar surface area (TPSA) is 26.3 Å². The Kier molecular flexibility index (Phi) is 1.48. The first-order valence-corrected chi connectivity index (χ1v) is 4.13. The van der Waals surface area contributed by atoms with Crippen LogP contribution in [0.3, 0.4) is 0 Å². The molecule has 0 aromatic carbocycles. The summed E-state index contributed by atoms with van der Waals surface area (Å²) in [6.45, 7) is 7.19.